The van der Waals surface area contributed by atoms with Crippen LogP contribution in [0.2, 0.25) is 0 Å². The van der Waals surface area contributed by atoms with Gasteiger partial charge in [0.2, 0.25) is 5.91 Å². The summed E-state index contributed by atoms with van der Waals surface area (Å²) in [5.41, 5.74) is 0.279. The van der Waals surface area contributed by atoms with Gasteiger partial charge in [0.05, 0.1) is 0 Å². The lowest BCUT2D eigenvalue weighted by atomic mass is 10.1. The van der Waals surface area contributed by atoms with Gasteiger partial charge in [0.15, 0.2) is 0 Å². The standard InChI is InChI=1S/C20H26FN5O2S.CH2O2/c1-13(2)18-23-25(19(28)16-10-14-5-9-29-20(14)26(16)18)12-17(27)22-15-4-3-7-24(11-15)8-6-21;2-1-3/h5,9-10,13,15H,3-4,6-8,11-12H2,1-2H3,(H,22,27);1H,(H,2,3)/t15-;/m1./s1. The number of hydrogen-bond donors (Lipinski definition) is 2. The summed E-state index contributed by atoms with van der Waals surface area (Å²) in [6.07, 6.45) is 1.79. The molecule has 0 unspecified atom stereocenters. The average molecular weight is 466 g/mol. The van der Waals surface area contributed by atoms with Crippen molar-refractivity contribution in [3.05, 3.63) is 33.7 Å². The highest BCUT2D eigenvalue weighted by Crippen LogP contribution is 2.26. The summed E-state index contributed by atoms with van der Waals surface area (Å²) in [6, 6.07) is 3.83. The minimum Gasteiger partial charge on any atom is -0.483 e. The van der Waals surface area contributed by atoms with Crippen LogP contribution >= 0.6 is 11.3 Å². The first-order chi connectivity index (χ1) is 15.4. The first kappa shape index (κ1) is 23.9. The van der Waals surface area contributed by atoms with Crippen molar-refractivity contribution in [2.24, 2.45) is 0 Å². The molecule has 9 nitrogen and oxygen atoms in total. The fraction of sp³-hybridized carbons (Fsp3) is 0.524. The molecule has 0 aromatic carbocycles. The van der Waals surface area contributed by atoms with Gasteiger partial charge < -0.3 is 10.4 Å². The SMILES string of the molecule is CC(C)c1nn(CC(=O)N[C@@H]2CCCN(CCF)C2)c(=O)c2cc3ccsc3n12.O=CO. The van der Waals surface area contributed by atoms with Crippen molar-refractivity contribution in [3.8, 4) is 0 Å². The molecule has 1 amide bonds. The Morgan fingerprint density at radius 3 is 2.91 bits per heavy atom. The summed E-state index contributed by atoms with van der Waals surface area (Å²) in [4.78, 5) is 37.0. The summed E-state index contributed by atoms with van der Waals surface area (Å²) in [5.74, 6) is 0.619. The topological polar surface area (TPSA) is 109 Å². The fourth-order valence-corrected chi connectivity index (χ4v) is 4.94. The second kappa shape index (κ2) is 10.7. The molecule has 1 atom stereocenters. The molecule has 11 heteroatoms. The Morgan fingerprint density at radius 1 is 1.47 bits per heavy atom. The van der Waals surface area contributed by atoms with E-state index in [1.165, 1.54) is 4.68 Å². The van der Waals surface area contributed by atoms with Crippen molar-refractivity contribution in [1.82, 2.24) is 24.4 Å². The number of nitrogens with zero attached hydrogens (tertiary/aromatic N) is 4. The summed E-state index contributed by atoms with van der Waals surface area (Å²) >= 11 is 1.58. The Kier molecular flexibility index (Phi) is 7.97. The molecule has 32 heavy (non-hydrogen) atoms. The van der Waals surface area contributed by atoms with Crippen LogP contribution in [0, 0.1) is 0 Å². The van der Waals surface area contributed by atoms with Gasteiger partial charge in [-0.05, 0) is 36.9 Å². The minimum absolute atomic E-state index is 0.0227. The smallest absolute Gasteiger partial charge is 0.291 e. The van der Waals surface area contributed by atoms with Crippen LogP contribution < -0.4 is 10.9 Å². The van der Waals surface area contributed by atoms with E-state index in [2.05, 4.69) is 10.4 Å². The normalized spacial score (nSPS) is 16.8. The number of carbonyl (C=O) groups is 2. The van der Waals surface area contributed by atoms with Crippen LogP contribution in [0.15, 0.2) is 22.3 Å². The molecule has 0 radical (unpaired) electrons. The number of alkyl halides is 1. The molecule has 3 aromatic heterocycles. The van der Waals surface area contributed by atoms with E-state index in [1.54, 1.807) is 11.3 Å². The number of hydrogen-bond acceptors (Lipinski definition) is 6. The van der Waals surface area contributed by atoms with Gasteiger partial charge in [-0.3, -0.25) is 23.7 Å². The lowest BCUT2D eigenvalue weighted by Crippen LogP contribution is -2.49. The first-order valence-electron chi connectivity index (χ1n) is 10.5. The summed E-state index contributed by atoms with van der Waals surface area (Å²) in [7, 11) is 0. The van der Waals surface area contributed by atoms with Crippen LogP contribution in [0.3, 0.4) is 0 Å². The van der Waals surface area contributed by atoms with E-state index in [9.17, 15) is 14.0 Å². The maximum Gasteiger partial charge on any atom is 0.291 e. The molecule has 174 valence electrons. The molecule has 0 saturated carbocycles. The number of piperidine rings is 1. The molecule has 1 aliphatic rings. The zero-order valence-corrected chi connectivity index (χ0v) is 19.0. The van der Waals surface area contributed by atoms with E-state index in [4.69, 9.17) is 9.90 Å². The van der Waals surface area contributed by atoms with E-state index < -0.39 is 0 Å². The second-order valence-corrected chi connectivity index (χ2v) is 8.92. The molecular formula is C21H28FN5O4S. The molecule has 1 saturated heterocycles. The Bertz CT molecular complexity index is 1140. The van der Waals surface area contributed by atoms with E-state index in [1.807, 2.05) is 40.7 Å². The van der Waals surface area contributed by atoms with Crippen LogP contribution in [0.1, 0.15) is 38.4 Å². The van der Waals surface area contributed by atoms with E-state index in [0.717, 1.165) is 35.4 Å². The van der Waals surface area contributed by atoms with Crippen LogP contribution in [0.4, 0.5) is 4.39 Å². The van der Waals surface area contributed by atoms with Crippen molar-refractivity contribution in [1.29, 1.82) is 0 Å². The Hall–Kier alpha value is -2.79. The van der Waals surface area contributed by atoms with Gasteiger partial charge in [-0.2, -0.15) is 5.10 Å². The van der Waals surface area contributed by atoms with Crippen molar-refractivity contribution >= 4 is 39.4 Å². The third kappa shape index (κ3) is 5.16. The molecule has 4 rings (SSSR count). The van der Waals surface area contributed by atoms with Crippen LogP contribution in [0.25, 0.3) is 15.7 Å². The van der Waals surface area contributed by atoms with Gasteiger partial charge in [-0.15, -0.1) is 11.3 Å². The van der Waals surface area contributed by atoms with Crippen molar-refractivity contribution in [3.63, 3.8) is 0 Å². The number of carboxylic acid groups (broad SMARTS) is 1. The zero-order chi connectivity index (χ0) is 23.3. The molecule has 1 aliphatic heterocycles. The van der Waals surface area contributed by atoms with Crippen molar-refractivity contribution in [2.45, 2.75) is 45.2 Å². The number of halogens is 1. The summed E-state index contributed by atoms with van der Waals surface area (Å²) < 4.78 is 15.8. The number of carbonyl (C=O) groups excluding carboxylic acids is 1. The van der Waals surface area contributed by atoms with Crippen molar-refractivity contribution in [2.75, 3.05) is 26.3 Å². The zero-order valence-electron chi connectivity index (χ0n) is 18.2. The number of thiophene rings is 1. The monoisotopic (exact) mass is 465 g/mol. The molecule has 0 bridgehead atoms. The fourth-order valence-electron chi connectivity index (χ4n) is 4.04. The quantitative estimate of drug-likeness (QED) is 0.540. The largest absolute Gasteiger partial charge is 0.483 e. The first-order valence-corrected chi connectivity index (χ1v) is 11.4. The average Bonchev–Trinajstić information content (AvgIpc) is 3.33. The highest BCUT2D eigenvalue weighted by atomic mass is 32.1. The molecule has 3 aromatic rings. The third-order valence-electron chi connectivity index (χ3n) is 5.40. The molecule has 1 fully saturated rings. The van der Waals surface area contributed by atoms with Gasteiger partial charge in [-0.25, -0.2) is 9.07 Å². The minimum atomic E-state index is -0.382. The van der Waals surface area contributed by atoms with Gasteiger partial charge in [-0.1, -0.05) is 13.8 Å². The Morgan fingerprint density at radius 2 is 2.22 bits per heavy atom. The van der Waals surface area contributed by atoms with Gasteiger partial charge in [0.1, 0.15) is 29.4 Å². The second-order valence-electron chi connectivity index (χ2n) is 8.02. The van der Waals surface area contributed by atoms with Crippen LogP contribution in [-0.4, -0.2) is 68.9 Å². The van der Waals surface area contributed by atoms with E-state index >= 15 is 0 Å². The maximum atomic E-state index is 13.0. The van der Waals surface area contributed by atoms with Crippen molar-refractivity contribution < 1.29 is 19.1 Å². The number of amides is 1. The third-order valence-corrected chi connectivity index (χ3v) is 6.31. The Balaban J connectivity index is 0.000000913. The Labute approximate surface area is 188 Å². The highest BCUT2D eigenvalue weighted by Gasteiger charge is 2.23. The molecule has 2 N–H and O–H groups in total. The van der Waals surface area contributed by atoms with Crippen LogP contribution in [-0.2, 0) is 16.1 Å². The molecule has 0 spiro atoms. The van der Waals surface area contributed by atoms with Gasteiger partial charge >= 0.3 is 0 Å². The number of fused-ring (bicyclic) bond motifs is 3. The number of rotatable bonds is 6. The predicted molar refractivity (Wildman–Crippen MR) is 121 cm³/mol. The number of nitrogens with one attached hydrogen (secondary N) is 1. The predicted octanol–water partition coefficient (Wildman–Crippen LogP) is 2.08. The van der Waals surface area contributed by atoms with Gasteiger partial charge in [0.25, 0.3) is 12.0 Å². The molecular weight excluding hydrogens is 437 g/mol. The number of aromatic nitrogens is 3. The van der Waals surface area contributed by atoms with E-state index in [0.29, 0.717) is 18.6 Å². The van der Waals surface area contributed by atoms with Crippen LogP contribution in [0.5, 0.6) is 0 Å². The lowest BCUT2D eigenvalue weighted by Gasteiger charge is -2.32. The molecule has 0 aliphatic carbocycles. The lowest BCUT2D eigenvalue weighted by molar-refractivity contribution is -0.123. The van der Waals surface area contributed by atoms with E-state index in [-0.39, 0.29) is 43.1 Å². The highest BCUT2D eigenvalue weighted by molar-refractivity contribution is 7.16. The maximum absolute atomic E-state index is 13.0. The number of likely N-dealkylation sites (tertiary alicyclic amines) is 1. The van der Waals surface area contributed by atoms with Gasteiger partial charge in [0, 0.05) is 30.4 Å². The molecule has 4 heterocycles. The summed E-state index contributed by atoms with van der Waals surface area (Å²) in [6.45, 7) is 5.20. The summed E-state index contributed by atoms with van der Waals surface area (Å²) in [5, 5.41) is 17.4.